The van der Waals surface area contributed by atoms with Crippen molar-refractivity contribution in [3.8, 4) is 16.9 Å². The molecule has 23 heavy (non-hydrogen) atoms. The molecule has 2 aromatic rings. The van der Waals surface area contributed by atoms with Crippen LogP contribution in [0.15, 0.2) is 42.5 Å². The summed E-state index contributed by atoms with van der Waals surface area (Å²) in [5, 5.41) is 9.07. The summed E-state index contributed by atoms with van der Waals surface area (Å²) in [6.45, 7) is -0.548. The summed E-state index contributed by atoms with van der Waals surface area (Å²) in [7, 11) is 0. The lowest BCUT2D eigenvalue weighted by molar-refractivity contribution is -0.274. The molecule has 0 amide bonds. The molecular weight excluding hydrogens is 326 g/mol. The Hall–Kier alpha value is -2.22. The fourth-order valence-corrected chi connectivity index (χ4v) is 2.06. The minimum Gasteiger partial charge on any atom is -0.405 e. The number of alkyl halides is 6. The Morgan fingerprint density at radius 1 is 0.870 bits per heavy atom. The Balaban J connectivity index is 2.66. The Kier molecular flexibility index (Phi) is 4.56. The number of ether oxygens (including phenoxy) is 1. The van der Waals surface area contributed by atoms with E-state index in [9.17, 15) is 26.3 Å². The molecule has 0 atom stereocenters. The minimum atomic E-state index is -5.04. The van der Waals surface area contributed by atoms with E-state index in [0.29, 0.717) is 6.07 Å². The predicted molar refractivity (Wildman–Crippen MR) is 69.5 cm³/mol. The van der Waals surface area contributed by atoms with E-state index < -0.39 is 36.0 Å². The molecule has 0 radical (unpaired) electrons. The van der Waals surface area contributed by atoms with E-state index in [2.05, 4.69) is 4.74 Å². The zero-order valence-corrected chi connectivity index (χ0v) is 11.4. The highest BCUT2D eigenvalue weighted by molar-refractivity contribution is 5.74. The van der Waals surface area contributed by atoms with Gasteiger partial charge in [0.15, 0.2) is 0 Å². The molecule has 0 fully saturated rings. The van der Waals surface area contributed by atoms with E-state index in [1.54, 1.807) is 0 Å². The van der Waals surface area contributed by atoms with Crippen molar-refractivity contribution in [2.45, 2.75) is 19.1 Å². The van der Waals surface area contributed by atoms with Crippen LogP contribution in [0.3, 0.4) is 0 Å². The van der Waals surface area contributed by atoms with Gasteiger partial charge < -0.3 is 9.84 Å². The lowest BCUT2D eigenvalue weighted by atomic mass is 9.96. The molecule has 0 unspecified atom stereocenters. The fourth-order valence-electron chi connectivity index (χ4n) is 2.06. The van der Waals surface area contributed by atoms with Crippen molar-refractivity contribution in [3.63, 3.8) is 0 Å². The van der Waals surface area contributed by atoms with Gasteiger partial charge in [-0.15, -0.1) is 13.2 Å². The molecule has 0 aliphatic rings. The zero-order valence-electron chi connectivity index (χ0n) is 11.4. The molecule has 0 aliphatic carbocycles. The third-order valence-corrected chi connectivity index (χ3v) is 2.97. The van der Waals surface area contributed by atoms with E-state index >= 15 is 0 Å². The molecule has 2 rings (SSSR count). The van der Waals surface area contributed by atoms with Crippen molar-refractivity contribution in [2.75, 3.05) is 0 Å². The van der Waals surface area contributed by atoms with Gasteiger partial charge >= 0.3 is 12.5 Å². The summed E-state index contributed by atoms with van der Waals surface area (Å²) in [5.41, 5.74) is -1.85. The predicted octanol–water partition coefficient (Wildman–Crippen LogP) is 4.76. The fraction of sp³-hybridized carbons (Fsp3) is 0.200. The zero-order chi connectivity index (χ0) is 17.3. The van der Waals surface area contributed by atoms with Crippen LogP contribution in [-0.4, -0.2) is 11.5 Å². The molecule has 1 N–H and O–H groups in total. The van der Waals surface area contributed by atoms with E-state index in [0.717, 1.165) is 24.3 Å². The molecule has 8 heteroatoms. The number of benzene rings is 2. The van der Waals surface area contributed by atoms with Crippen molar-refractivity contribution < 1.29 is 36.2 Å². The standard InChI is InChI=1S/C15H10F6O2/c16-14(17,18)12-6-5-9(8-22)7-11(12)10-3-1-2-4-13(10)23-15(19,20)21/h1-7,22H,8H2. The van der Waals surface area contributed by atoms with E-state index in [4.69, 9.17) is 5.11 Å². The Labute approximate surface area is 126 Å². The summed E-state index contributed by atoms with van der Waals surface area (Å²) >= 11 is 0. The molecular formula is C15H10F6O2. The maximum Gasteiger partial charge on any atom is 0.573 e. The molecule has 2 aromatic carbocycles. The second-order valence-corrected chi connectivity index (χ2v) is 4.58. The quantitative estimate of drug-likeness (QED) is 0.819. The molecule has 0 heterocycles. The third kappa shape index (κ3) is 4.16. The number of para-hydroxylation sites is 1. The summed E-state index contributed by atoms with van der Waals surface area (Å²) in [4.78, 5) is 0. The van der Waals surface area contributed by atoms with Gasteiger partial charge in [0.2, 0.25) is 0 Å². The van der Waals surface area contributed by atoms with Crippen molar-refractivity contribution in [1.29, 1.82) is 0 Å². The average molecular weight is 336 g/mol. The number of aliphatic hydroxyl groups is 1. The van der Waals surface area contributed by atoms with Crippen LogP contribution < -0.4 is 4.74 Å². The second-order valence-electron chi connectivity index (χ2n) is 4.58. The maximum absolute atomic E-state index is 13.1. The first-order chi connectivity index (χ1) is 10.6. The summed E-state index contributed by atoms with van der Waals surface area (Å²) in [6, 6.07) is 7.28. The van der Waals surface area contributed by atoms with Gasteiger partial charge in [-0.3, -0.25) is 0 Å². The van der Waals surface area contributed by atoms with Gasteiger partial charge in [0.1, 0.15) is 5.75 Å². The summed E-state index contributed by atoms with van der Waals surface area (Å²) < 4.78 is 80.4. The number of aliphatic hydroxyl groups excluding tert-OH is 1. The average Bonchev–Trinajstić information content (AvgIpc) is 2.44. The first-order valence-corrected chi connectivity index (χ1v) is 6.28. The van der Waals surface area contributed by atoms with Crippen molar-refractivity contribution in [2.24, 2.45) is 0 Å². The Morgan fingerprint density at radius 3 is 2.09 bits per heavy atom. The van der Waals surface area contributed by atoms with Crippen LogP contribution in [-0.2, 0) is 12.8 Å². The van der Waals surface area contributed by atoms with Crippen LogP contribution in [0.2, 0.25) is 0 Å². The molecule has 0 saturated carbocycles. The minimum absolute atomic E-state index is 0.134. The van der Waals surface area contributed by atoms with Gasteiger partial charge in [0, 0.05) is 5.56 Å². The largest absolute Gasteiger partial charge is 0.573 e. The highest BCUT2D eigenvalue weighted by atomic mass is 19.4. The monoisotopic (exact) mass is 336 g/mol. The molecule has 0 aliphatic heterocycles. The summed E-state index contributed by atoms with van der Waals surface area (Å²) in [5.74, 6) is -0.749. The Bertz CT molecular complexity index is 691. The van der Waals surface area contributed by atoms with Crippen LogP contribution in [0.1, 0.15) is 11.1 Å². The molecule has 0 bridgehead atoms. The van der Waals surface area contributed by atoms with Gasteiger partial charge in [-0.05, 0) is 29.3 Å². The van der Waals surface area contributed by atoms with Crippen LogP contribution in [0.5, 0.6) is 5.75 Å². The number of rotatable bonds is 3. The van der Waals surface area contributed by atoms with E-state index in [1.165, 1.54) is 12.1 Å². The van der Waals surface area contributed by atoms with Crippen molar-refractivity contribution >= 4 is 0 Å². The SMILES string of the molecule is OCc1ccc(C(F)(F)F)c(-c2ccccc2OC(F)(F)F)c1. The van der Waals surface area contributed by atoms with Crippen molar-refractivity contribution in [3.05, 3.63) is 53.6 Å². The van der Waals surface area contributed by atoms with Gasteiger partial charge in [0.05, 0.1) is 12.2 Å². The van der Waals surface area contributed by atoms with Gasteiger partial charge in [-0.1, -0.05) is 24.3 Å². The lowest BCUT2D eigenvalue weighted by Gasteiger charge is -2.18. The first-order valence-electron chi connectivity index (χ1n) is 6.28. The first kappa shape index (κ1) is 17.1. The highest BCUT2D eigenvalue weighted by Crippen LogP contribution is 2.41. The molecule has 2 nitrogen and oxygen atoms in total. The number of halogens is 6. The number of hydrogen-bond donors (Lipinski definition) is 1. The molecule has 124 valence electrons. The Morgan fingerprint density at radius 2 is 1.52 bits per heavy atom. The van der Waals surface area contributed by atoms with Crippen molar-refractivity contribution in [1.82, 2.24) is 0 Å². The highest BCUT2D eigenvalue weighted by Gasteiger charge is 2.36. The van der Waals surface area contributed by atoms with E-state index in [1.807, 2.05) is 0 Å². The van der Waals surface area contributed by atoms with Gasteiger partial charge in [-0.25, -0.2) is 0 Å². The van der Waals surface area contributed by atoms with Crippen LogP contribution in [0.4, 0.5) is 26.3 Å². The third-order valence-electron chi connectivity index (χ3n) is 2.97. The second kappa shape index (κ2) is 6.11. The molecule has 0 aromatic heterocycles. The normalized spacial score (nSPS) is 12.3. The van der Waals surface area contributed by atoms with Gasteiger partial charge in [0.25, 0.3) is 0 Å². The molecule has 0 spiro atoms. The molecule has 0 saturated heterocycles. The maximum atomic E-state index is 13.1. The smallest absolute Gasteiger partial charge is 0.405 e. The van der Waals surface area contributed by atoms with Crippen LogP contribution in [0, 0.1) is 0 Å². The van der Waals surface area contributed by atoms with E-state index in [-0.39, 0.29) is 11.1 Å². The lowest BCUT2D eigenvalue weighted by Crippen LogP contribution is -2.18. The van der Waals surface area contributed by atoms with Crippen LogP contribution >= 0.6 is 0 Å². The van der Waals surface area contributed by atoms with Gasteiger partial charge in [-0.2, -0.15) is 13.2 Å². The van der Waals surface area contributed by atoms with Crippen LogP contribution in [0.25, 0.3) is 11.1 Å². The topological polar surface area (TPSA) is 29.5 Å². The number of hydrogen-bond acceptors (Lipinski definition) is 2. The summed E-state index contributed by atoms with van der Waals surface area (Å²) in [6.07, 6.45) is -9.81.